The van der Waals surface area contributed by atoms with Crippen LogP contribution in [0.3, 0.4) is 0 Å². The minimum atomic E-state index is -4.76. The first-order valence-corrected chi connectivity index (χ1v) is 45.3. The van der Waals surface area contributed by atoms with Gasteiger partial charge in [0, 0.05) is 173 Å². The Morgan fingerprint density at radius 1 is 0.620 bits per heavy atom. The van der Waals surface area contributed by atoms with E-state index in [-0.39, 0.29) is 53.4 Å². The number of benzene rings is 7. The Bertz CT molecular complexity index is 5480. The summed E-state index contributed by atoms with van der Waals surface area (Å²) in [6, 6.07) is 45.9. The fourth-order valence-electron chi connectivity index (χ4n) is 17.0. The van der Waals surface area contributed by atoms with Gasteiger partial charge in [-0.3, -0.25) is 24.0 Å². The van der Waals surface area contributed by atoms with Gasteiger partial charge in [-0.05, 0) is 208 Å². The molecule has 4 aliphatic rings. The zero-order chi connectivity index (χ0) is 86.2. The lowest BCUT2D eigenvalue weighted by atomic mass is 9.80. The molecule has 0 radical (unpaired) electrons. The van der Waals surface area contributed by atoms with Gasteiger partial charge < -0.3 is 60.2 Å². The van der Waals surface area contributed by atoms with E-state index < -0.39 is 54.5 Å². The van der Waals surface area contributed by atoms with Crippen LogP contribution in [0.5, 0.6) is 0 Å². The lowest BCUT2D eigenvalue weighted by Gasteiger charge is -2.37. The van der Waals surface area contributed by atoms with Gasteiger partial charge in [0.15, 0.2) is 5.71 Å². The highest BCUT2D eigenvalue weighted by atomic mass is 32.2. The van der Waals surface area contributed by atoms with Crippen molar-refractivity contribution in [2.45, 2.75) is 171 Å². The molecule has 3 aliphatic heterocycles. The van der Waals surface area contributed by atoms with Gasteiger partial charge in [0.1, 0.15) is 49.4 Å². The van der Waals surface area contributed by atoms with E-state index in [1.807, 2.05) is 145 Å². The summed E-state index contributed by atoms with van der Waals surface area (Å²) in [6.45, 7) is 21.9. The molecule has 26 nitrogen and oxygen atoms in total. The van der Waals surface area contributed by atoms with Crippen molar-refractivity contribution in [3.8, 4) is 5.69 Å². The fourth-order valence-corrected chi connectivity index (χ4v) is 18.0. The van der Waals surface area contributed by atoms with Crippen molar-refractivity contribution in [1.29, 1.82) is 0 Å². The van der Waals surface area contributed by atoms with Crippen LogP contribution in [0.15, 0.2) is 208 Å². The molecule has 1 atom stereocenters. The first-order valence-electron chi connectivity index (χ1n) is 42.5. The maximum atomic E-state index is 14.8. The summed E-state index contributed by atoms with van der Waals surface area (Å²) in [7, 11) is -5.34. The number of fused-ring (bicyclic) bond motifs is 4. The summed E-state index contributed by atoms with van der Waals surface area (Å²) in [6.07, 6.45) is 16.8. The largest absolute Gasteiger partial charge is 0.744 e. The molecule has 28 heteroatoms. The number of nitrogens with one attached hydrogen (secondary N) is 5. The van der Waals surface area contributed by atoms with Gasteiger partial charge in [-0.1, -0.05) is 76.0 Å². The van der Waals surface area contributed by atoms with E-state index in [1.54, 1.807) is 24.3 Å². The summed E-state index contributed by atoms with van der Waals surface area (Å²) >= 11 is 0. The average molecular weight is 1680 g/mol. The molecule has 7 aromatic carbocycles. The number of aromatic nitrogens is 2. The van der Waals surface area contributed by atoms with E-state index in [2.05, 4.69) is 122 Å². The van der Waals surface area contributed by atoms with Gasteiger partial charge >= 0.3 is 0 Å². The Labute approximate surface area is 711 Å². The number of piperazine rings is 1. The normalized spacial score (nSPS) is 16.4. The van der Waals surface area contributed by atoms with Gasteiger partial charge in [0.05, 0.1) is 26.6 Å². The predicted octanol–water partition coefficient (Wildman–Crippen LogP) is 13.3. The number of hydrogen-bond donors (Lipinski definition) is 5. The van der Waals surface area contributed by atoms with Crippen molar-refractivity contribution in [1.82, 2.24) is 36.5 Å². The molecule has 0 unspecified atom stereocenters. The van der Waals surface area contributed by atoms with Crippen LogP contribution in [-0.2, 0) is 50.2 Å². The number of carbonyl (C=O) groups excluding carboxylic acids is 5. The number of azo groups is 1. The van der Waals surface area contributed by atoms with Crippen LogP contribution in [0.25, 0.3) is 27.8 Å². The van der Waals surface area contributed by atoms with Crippen LogP contribution in [0.1, 0.15) is 160 Å². The summed E-state index contributed by atoms with van der Waals surface area (Å²) < 4.78 is 77.2. The first-order chi connectivity index (χ1) is 58.0. The molecule has 0 bridgehead atoms. The Kier molecular flexibility index (Phi) is 29.2. The summed E-state index contributed by atoms with van der Waals surface area (Å²) in [5.74, 6) is -1.57. The smallest absolute Gasteiger partial charge is 0.252 e. The second-order valence-corrected chi connectivity index (χ2v) is 35.7. The van der Waals surface area contributed by atoms with Gasteiger partial charge in [-0.15, -0.1) is 4.57 Å². The molecule has 121 heavy (non-hydrogen) atoms. The van der Waals surface area contributed by atoms with Crippen LogP contribution in [0, 0.1) is 0 Å². The van der Waals surface area contributed by atoms with Gasteiger partial charge in [0.2, 0.25) is 46.0 Å². The lowest BCUT2D eigenvalue weighted by molar-refractivity contribution is -0.538. The molecule has 1 saturated heterocycles. The van der Waals surface area contributed by atoms with E-state index in [9.17, 15) is 49.9 Å². The van der Waals surface area contributed by atoms with Gasteiger partial charge in [-0.2, -0.15) is 14.8 Å². The van der Waals surface area contributed by atoms with Crippen molar-refractivity contribution in [3.05, 3.63) is 204 Å². The highest BCUT2D eigenvalue weighted by Crippen LogP contribution is 2.49. The van der Waals surface area contributed by atoms with Crippen molar-refractivity contribution < 1.29 is 59.1 Å². The second kappa shape index (κ2) is 39.7. The topological polar surface area (TPSA) is 321 Å². The molecular weight excluding hydrogens is 1570 g/mol. The quantitative estimate of drug-likeness (QED) is 0.00603. The summed E-state index contributed by atoms with van der Waals surface area (Å²) in [4.78, 5) is 85.5. The minimum absolute atomic E-state index is 0.0737. The summed E-state index contributed by atoms with van der Waals surface area (Å²) in [5, 5.41) is 24.3. The summed E-state index contributed by atoms with van der Waals surface area (Å²) in [5.41, 5.74) is 11.7. The fraction of sp³-hybridized carbons (Fsp3) is 0.419. The number of amides is 5. The van der Waals surface area contributed by atoms with E-state index in [0.717, 1.165) is 119 Å². The number of nitrogens with zero attached hydrogens (tertiary/aromatic N) is 10. The van der Waals surface area contributed by atoms with Crippen molar-refractivity contribution in [2.75, 3.05) is 112 Å². The number of rotatable bonds is 37. The van der Waals surface area contributed by atoms with Crippen LogP contribution in [-0.4, -0.2) is 180 Å². The van der Waals surface area contributed by atoms with Crippen LogP contribution in [0.4, 0.5) is 39.8 Å². The van der Waals surface area contributed by atoms with Crippen LogP contribution in [0.2, 0.25) is 0 Å². The molecular formula is C93H115N15O11S2. The molecule has 0 spiro atoms. The molecule has 8 aromatic rings. The van der Waals surface area contributed by atoms with Crippen LogP contribution < -0.4 is 50.8 Å². The molecule has 1 saturated carbocycles. The third-order valence-corrected chi connectivity index (χ3v) is 25.7. The third kappa shape index (κ3) is 21.6. The van der Waals surface area contributed by atoms with Crippen molar-refractivity contribution in [2.24, 2.45) is 10.2 Å². The maximum Gasteiger partial charge on any atom is 0.252 e. The number of hydrogen-bond acceptors (Lipinski definition) is 19. The number of unbranched alkanes of at least 4 members (excludes halogenated alkanes) is 3. The van der Waals surface area contributed by atoms with E-state index >= 15 is 0 Å². The monoisotopic (exact) mass is 1680 g/mol. The zero-order valence-corrected chi connectivity index (χ0v) is 72.7. The molecule has 4 heterocycles. The number of likely N-dealkylation sites (N-methyl/N-ethyl adjacent to an activating group) is 1. The number of anilines is 4. The first kappa shape index (κ1) is 89.2. The predicted molar refractivity (Wildman–Crippen MR) is 474 cm³/mol. The highest BCUT2D eigenvalue weighted by molar-refractivity contribution is 7.86. The maximum absolute atomic E-state index is 14.8. The number of allylic oxidation sites excluding steroid dienone is 6. The minimum Gasteiger partial charge on any atom is -0.744 e. The highest BCUT2D eigenvalue weighted by Gasteiger charge is 2.46. The van der Waals surface area contributed by atoms with E-state index in [1.165, 1.54) is 24.3 Å². The standard InChI is InChI=1S/C93H115N15O11S2/c1-10-104(11-2)72-44-47-77-83(63-72)108(71-28-17-13-18-29-71)82-48-39-68(62-79(82)97-77)101-100-67-37-42-69(43-38-67)103(9)56-27-34-87(110)94-53-25-22-30-78(98-90(113)93(51-23-16-24-52-93)99-88(111)66-35-40-70(41-36-66)105-60-58-102(8)59-61-105)89(112)96-55-54-95-86(109)33-21-15-26-57-107-81-50-46-74(121(117,118)119)65-76(81)92(6,7)85(107)32-20-14-19-31-84-91(4,5)75-64-73(120(114,115)116)45-49-80(75)106(84)12-3/h13-14,17-20,28-29,31-32,35-50,62-65,78H,10-12,15-16,21-27,30,33-34,51-61H2,1-9H3,(H5-2,94,95,96,98,99,109,110,111,112,113,114,115,116,117,118,119)/t78-/m0/s1. The molecule has 5 N–H and O–H groups in total. The van der Waals surface area contributed by atoms with Crippen molar-refractivity contribution >= 4 is 117 Å². The molecule has 12 rings (SSSR count). The molecule has 640 valence electrons. The molecule has 2 fully saturated rings. The molecule has 1 aliphatic carbocycles. The van der Waals surface area contributed by atoms with Gasteiger partial charge in [-0.25, -0.2) is 21.8 Å². The Morgan fingerprint density at radius 2 is 1.27 bits per heavy atom. The Morgan fingerprint density at radius 3 is 1.97 bits per heavy atom. The third-order valence-electron chi connectivity index (χ3n) is 24.0. The van der Waals surface area contributed by atoms with E-state index in [4.69, 9.17) is 4.98 Å². The second-order valence-electron chi connectivity index (χ2n) is 32.9. The Balaban J connectivity index is 0.624. The Hall–Kier alpha value is -11.0. The van der Waals surface area contributed by atoms with Crippen molar-refractivity contribution in [3.63, 3.8) is 0 Å². The molecule has 5 amide bonds. The number of carbonyl (C=O) groups is 5. The molecule has 1 aromatic heterocycles. The van der Waals surface area contributed by atoms with Gasteiger partial charge in [0.25, 0.3) is 5.91 Å². The van der Waals surface area contributed by atoms with Crippen LogP contribution >= 0.6 is 0 Å². The average Bonchev–Trinajstić information content (AvgIpc) is 1.64. The zero-order valence-electron chi connectivity index (χ0n) is 71.1. The number of para-hydroxylation sites is 1. The lowest BCUT2D eigenvalue weighted by Crippen LogP contribution is -2.62. The van der Waals surface area contributed by atoms with E-state index in [0.29, 0.717) is 119 Å². The SMILES string of the molecule is CCN(CC)c1ccc2nc3cc(N=Nc4ccc(N(C)CCCC(=O)NCCCC[C@H](NC(=O)C5(NC(=O)c6ccc(N7CCN(C)CC7)cc6)CCCCC5)C(=O)NCCNC(=O)CCCCCN5\C(=C/C=C/C=C/C6=[N+](CC)c7ccc(S(=O)(=O)[O-])cc7C6(C)C)C(C)(C)c6cc(S(=O)(=O)[O-])ccc65)cc4)ccc3[n+](-c3ccccc3)c2c1.